The predicted octanol–water partition coefficient (Wildman–Crippen LogP) is 2.45. The van der Waals surface area contributed by atoms with E-state index in [2.05, 4.69) is 10.5 Å². The lowest BCUT2D eigenvalue weighted by atomic mass is 10.1. The molecule has 0 saturated heterocycles. The topological polar surface area (TPSA) is 114 Å². The zero-order valence-electron chi connectivity index (χ0n) is 13.7. The Bertz CT molecular complexity index is 813. The van der Waals surface area contributed by atoms with Gasteiger partial charge in [-0.25, -0.2) is 5.43 Å². The maximum absolute atomic E-state index is 11.8. The molecule has 8 heteroatoms. The van der Waals surface area contributed by atoms with Crippen molar-refractivity contribution >= 4 is 17.8 Å². The van der Waals surface area contributed by atoms with E-state index in [1.54, 1.807) is 0 Å². The lowest BCUT2D eigenvalue weighted by molar-refractivity contribution is -0.385. The van der Waals surface area contributed by atoms with Crippen LogP contribution in [0.1, 0.15) is 16.7 Å². The van der Waals surface area contributed by atoms with E-state index in [-0.39, 0.29) is 12.2 Å². The quantitative estimate of drug-likeness (QED) is 0.475. The minimum atomic E-state index is -0.705. The van der Waals surface area contributed by atoms with Crippen LogP contribution in [0.3, 0.4) is 0 Å². The van der Waals surface area contributed by atoms with E-state index in [1.807, 2.05) is 32.0 Å². The van der Waals surface area contributed by atoms with Gasteiger partial charge in [0, 0.05) is 11.6 Å². The molecule has 0 fully saturated rings. The van der Waals surface area contributed by atoms with Crippen LogP contribution in [0, 0.1) is 24.0 Å². The molecule has 0 saturated carbocycles. The fourth-order valence-corrected chi connectivity index (χ4v) is 2.17. The van der Waals surface area contributed by atoms with Crippen molar-refractivity contribution in [1.82, 2.24) is 5.43 Å². The molecule has 0 aromatic heterocycles. The highest BCUT2D eigenvalue weighted by molar-refractivity contribution is 5.87. The Balaban J connectivity index is 1.95. The van der Waals surface area contributed by atoms with Crippen LogP contribution in [0.2, 0.25) is 0 Å². The minimum Gasteiger partial charge on any atom is -0.502 e. The molecule has 0 atom stereocenters. The first-order valence-electron chi connectivity index (χ1n) is 7.37. The Morgan fingerprint density at radius 1 is 1.28 bits per heavy atom. The number of nitro groups is 1. The number of amides is 1. The number of hydrogen-bond acceptors (Lipinski definition) is 6. The molecule has 0 aliphatic heterocycles. The van der Waals surface area contributed by atoms with E-state index in [9.17, 15) is 20.0 Å². The number of rotatable bonds is 6. The molecule has 8 nitrogen and oxygen atoms in total. The summed E-state index contributed by atoms with van der Waals surface area (Å²) in [6, 6.07) is 9.67. The third-order valence-corrected chi connectivity index (χ3v) is 3.39. The molecular formula is C17H17N3O5. The monoisotopic (exact) mass is 343 g/mol. The van der Waals surface area contributed by atoms with Gasteiger partial charge in [0.2, 0.25) is 5.75 Å². The van der Waals surface area contributed by atoms with Gasteiger partial charge in [0.25, 0.3) is 5.91 Å². The van der Waals surface area contributed by atoms with E-state index in [0.29, 0.717) is 5.75 Å². The Kier molecular flexibility index (Phi) is 5.67. The fraction of sp³-hybridized carbons (Fsp3) is 0.176. The summed E-state index contributed by atoms with van der Waals surface area (Å²) in [5, 5.41) is 24.2. The van der Waals surface area contributed by atoms with Crippen LogP contribution >= 0.6 is 0 Å². The van der Waals surface area contributed by atoms with Gasteiger partial charge in [0.1, 0.15) is 5.75 Å². The second-order valence-corrected chi connectivity index (χ2v) is 5.27. The molecule has 0 heterocycles. The van der Waals surface area contributed by atoms with Gasteiger partial charge in [0.05, 0.1) is 11.1 Å². The van der Waals surface area contributed by atoms with E-state index >= 15 is 0 Å². The number of hydrogen-bond donors (Lipinski definition) is 2. The predicted molar refractivity (Wildman–Crippen MR) is 91.9 cm³/mol. The molecule has 2 N–H and O–H groups in total. The summed E-state index contributed by atoms with van der Waals surface area (Å²) in [6.07, 6.45) is 1.12. The van der Waals surface area contributed by atoms with E-state index in [1.165, 1.54) is 18.2 Å². The molecule has 0 bridgehead atoms. The van der Waals surface area contributed by atoms with Gasteiger partial charge >= 0.3 is 5.69 Å². The Hall–Kier alpha value is -3.42. The van der Waals surface area contributed by atoms with E-state index in [4.69, 9.17) is 4.74 Å². The third kappa shape index (κ3) is 4.54. The highest BCUT2D eigenvalue weighted by atomic mass is 16.6. The number of hydrazone groups is 1. The Labute approximate surface area is 143 Å². The number of carbonyl (C=O) groups excluding carboxylic acids is 1. The van der Waals surface area contributed by atoms with Crippen molar-refractivity contribution in [3.05, 3.63) is 63.2 Å². The first-order chi connectivity index (χ1) is 11.9. The Morgan fingerprint density at radius 3 is 2.56 bits per heavy atom. The molecule has 130 valence electrons. The molecule has 2 rings (SSSR count). The van der Waals surface area contributed by atoms with Gasteiger partial charge in [-0.05, 0) is 31.0 Å². The molecular weight excluding hydrogens is 326 g/mol. The number of nitrogens with zero attached hydrogens (tertiary/aromatic N) is 2. The van der Waals surface area contributed by atoms with Gasteiger partial charge in [-0.2, -0.15) is 5.10 Å². The fourth-order valence-electron chi connectivity index (χ4n) is 2.17. The van der Waals surface area contributed by atoms with Crippen molar-refractivity contribution < 1.29 is 19.6 Å². The van der Waals surface area contributed by atoms with Gasteiger partial charge in [-0.15, -0.1) is 0 Å². The van der Waals surface area contributed by atoms with Crippen molar-refractivity contribution in [2.75, 3.05) is 6.61 Å². The van der Waals surface area contributed by atoms with E-state index in [0.717, 1.165) is 17.3 Å². The number of ether oxygens (including phenoxy) is 1. The molecule has 0 radical (unpaired) electrons. The average Bonchev–Trinajstić information content (AvgIpc) is 2.55. The lowest BCUT2D eigenvalue weighted by Gasteiger charge is -2.10. The summed E-state index contributed by atoms with van der Waals surface area (Å²) >= 11 is 0. The van der Waals surface area contributed by atoms with Gasteiger partial charge in [-0.1, -0.05) is 24.3 Å². The summed E-state index contributed by atoms with van der Waals surface area (Å²) in [6.45, 7) is 3.52. The first-order valence-corrected chi connectivity index (χ1v) is 7.37. The second-order valence-electron chi connectivity index (χ2n) is 5.27. The zero-order chi connectivity index (χ0) is 18.4. The maximum Gasteiger partial charge on any atom is 0.311 e. The van der Waals surface area contributed by atoms with Crippen LogP contribution in [-0.4, -0.2) is 28.8 Å². The summed E-state index contributed by atoms with van der Waals surface area (Å²) in [5.41, 5.74) is 3.75. The maximum atomic E-state index is 11.8. The summed E-state index contributed by atoms with van der Waals surface area (Å²) in [5.74, 6) is -0.376. The molecule has 0 aliphatic rings. The highest BCUT2D eigenvalue weighted by Crippen LogP contribution is 2.27. The summed E-state index contributed by atoms with van der Waals surface area (Å²) in [4.78, 5) is 21.8. The van der Waals surface area contributed by atoms with Crippen molar-refractivity contribution in [2.45, 2.75) is 13.8 Å². The van der Waals surface area contributed by atoms with Crippen LogP contribution in [-0.2, 0) is 4.79 Å². The normalized spacial score (nSPS) is 10.6. The molecule has 0 unspecified atom stereocenters. The van der Waals surface area contributed by atoms with Crippen LogP contribution in [0.4, 0.5) is 5.69 Å². The Morgan fingerprint density at radius 2 is 1.92 bits per heavy atom. The number of para-hydroxylation sites is 2. The third-order valence-electron chi connectivity index (χ3n) is 3.39. The van der Waals surface area contributed by atoms with Crippen LogP contribution in [0.15, 0.2) is 41.5 Å². The summed E-state index contributed by atoms with van der Waals surface area (Å²) in [7, 11) is 0. The van der Waals surface area contributed by atoms with Crippen LogP contribution in [0.5, 0.6) is 11.5 Å². The van der Waals surface area contributed by atoms with Crippen LogP contribution < -0.4 is 10.2 Å². The molecule has 1 amide bonds. The zero-order valence-corrected chi connectivity index (χ0v) is 13.7. The molecule has 2 aromatic rings. The van der Waals surface area contributed by atoms with Crippen molar-refractivity contribution in [3.63, 3.8) is 0 Å². The first kappa shape index (κ1) is 17.9. The number of aromatic hydroxyl groups is 1. The van der Waals surface area contributed by atoms with Gasteiger partial charge in [-0.3, -0.25) is 14.9 Å². The molecule has 2 aromatic carbocycles. The van der Waals surface area contributed by atoms with Crippen LogP contribution in [0.25, 0.3) is 0 Å². The van der Waals surface area contributed by atoms with Crippen molar-refractivity contribution in [2.24, 2.45) is 5.10 Å². The minimum absolute atomic E-state index is 0.116. The lowest BCUT2D eigenvalue weighted by Crippen LogP contribution is -2.25. The number of aryl methyl sites for hydroxylation is 2. The standard InChI is InChI=1S/C17H17N3O5/c1-11-5-3-6-12(2)17(11)25-10-15(21)19-18-9-13-7-4-8-14(16(13)22)20(23)24/h3-9,22H,10H2,1-2H3,(H,19,21). The molecule has 0 spiro atoms. The molecule has 25 heavy (non-hydrogen) atoms. The number of carbonyl (C=O) groups is 1. The number of benzene rings is 2. The number of nitrogens with one attached hydrogen (secondary N) is 1. The number of nitro benzene ring substituents is 1. The van der Waals surface area contributed by atoms with Crippen molar-refractivity contribution in [1.29, 1.82) is 0 Å². The SMILES string of the molecule is Cc1cccc(C)c1OCC(=O)NN=Cc1cccc([N+](=O)[O-])c1O. The average molecular weight is 343 g/mol. The van der Waals surface area contributed by atoms with Gasteiger partial charge < -0.3 is 9.84 Å². The number of phenolic OH excluding ortho intramolecular Hbond substituents is 1. The van der Waals surface area contributed by atoms with E-state index < -0.39 is 22.3 Å². The largest absolute Gasteiger partial charge is 0.502 e. The van der Waals surface area contributed by atoms with Crippen molar-refractivity contribution in [3.8, 4) is 11.5 Å². The van der Waals surface area contributed by atoms with Gasteiger partial charge in [0.15, 0.2) is 6.61 Å². The smallest absolute Gasteiger partial charge is 0.311 e. The summed E-state index contributed by atoms with van der Waals surface area (Å²) < 4.78 is 5.48. The highest BCUT2D eigenvalue weighted by Gasteiger charge is 2.15. The number of phenols is 1. The second kappa shape index (κ2) is 7.91. The molecule has 0 aliphatic carbocycles.